The van der Waals surface area contributed by atoms with Crippen molar-refractivity contribution < 1.29 is 9.84 Å². The number of hydrogen-bond acceptors (Lipinski definition) is 3. The van der Waals surface area contributed by atoms with Crippen molar-refractivity contribution in [3.63, 3.8) is 0 Å². The summed E-state index contributed by atoms with van der Waals surface area (Å²) in [5.41, 5.74) is 1.13. The monoisotopic (exact) mass is 327 g/mol. The van der Waals surface area contributed by atoms with E-state index in [0.717, 1.165) is 41.6 Å². The highest BCUT2D eigenvalue weighted by Crippen LogP contribution is 2.29. The van der Waals surface area contributed by atoms with Crippen LogP contribution in [0.4, 0.5) is 0 Å². The topological polar surface area (TPSA) is 41.5 Å². The fourth-order valence-corrected chi connectivity index (χ4v) is 2.73. The average molecular weight is 328 g/mol. The normalized spacial score (nSPS) is 23.0. The van der Waals surface area contributed by atoms with Gasteiger partial charge in [-0.1, -0.05) is 29.8 Å². The minimum atomic E-state index is -0.324. The first-order valence-electron chi connectivity index (χ1n) is 6.93. The van der Waals surface area contributed by atoms with Gasteiger partial charge in [0, 0.05) is 22.6 Å². The summed E-state index contributed by atoms with van der Waals surface area (Å²) in [7, 11) is 0. The molecule has 1 aromatic carbocycles. The first-order chi connectivity index (χ1) is 9.06. The van der Waals surface area contributed by atoms with Gasteiger partial charge in [0.25, 0.3) is 0 Å². The van der Waals surface area contributed by atoms with Crippen molar-refractivity contribution >= 4 is 15.9 Å². The maximum atomic E-state index is 9.86. The van der Waals surface area contributed by atoms with Crippen LogP contribution in [0, 0.1) is 0 Å². The maximum Gasteiger partial charge on any atom is 0.124 e. The lowest BCUT2D eigenvalue weighted by Gasteiger charge is -2.20. The molecule has 0 heterocycles. The summed E-state index contributed by atoms with van der Waals surface area (Å²) < 4.78 is 7.04. The van der Waals surface area contributed by atoms with Crippen LogP contribution in [-0.2, 0) is 6.54 Å². The standard InChI is InChI=1S/C15H22BrNO2/c1-10(2)17-9-11-8-12(16)6-7-14(11)19-15-5-3-4-13(15)18/h6-8,10,13,15,17-18H,3-5,9H2,1-2H3. The fraction of sp³-hybridized carbons (Fsp3) is 0.600. The van der Waals surface area contributed by atoms with Gasteiger partial charge in [0.15, 0.2) is 0 Å². The van der Waals surface area contributed by atoms with E-state index >= 15 is 0 Å². The Morgan fingerprint density at radius 2 is 2.21 bits per heavy atom. The number of halogens is 1. The number of benzene rings is 1. The molecule has 2 atom stereocenters. The zero-order valence-corrected chi connectivity index (χ0v) is 13.1. The van der Waals surface area contributed by atoms with E-state index in [1.807, 2.05) is 12.1 Å². The highest BCUT2D eigenvalue weighted by atomic mass is 79.9. The molecule has 0 aliphatic heterocycles. The summed E-state index contributed by atoms with van der Waals surface area (Å²) in [5.74, 6) is 0.877. The predicted octanol–water partition coefficient (Wildman–Crippen LogP) is 3.24. The van der Waals surface area contributed by atoms with Gasteiger partial charge in [-0.3, -0.25) is 0 Å². The molecule has 1 aliphatic rings. The Bertz CT molecular complexity index is 423. The molecular formula is C15H22BrNO2. The first kappa shape index (κ1) is 14.8. The van der Waals surface area contributed by atoms with Crippen LogP contribution in [0.1, 0.15) is 38.7 Å². The molecular weight excluding hydrogens is 306 g/mol. The van der Waals surface area contributed by atoms with E-state index < -0.39 is 0 Å². The van der Waals surface area contributed by atoms with Crippen LogP contribution in [0.2, 0.25) is 0 Å². The minimum Gasteiger partial charge on any atom is -0.487 e. The van der Waals surface area contributed by atoms with Gasteiger partial charge in [0.1, 0.15) is 11.9 Å². The van der Waals surface area contributed by atoms with Crippen LogP contribution in [0.15, 0.2) is 22.7 Å². The summed E-state index contributed by atoms with van der Waals surface area (Å²) in [4.78, 5) is 0. The second kappa shape index (κ2) is 6.73. The molecule has 1 aliphatic carbocycles. The summed E-state index contributed by atoms with van der Waals surface area (Å²) >= 11 is 3.50. The second-order valence-electron chi connectivity index (χ2n) is 5.44. The van der Waals surface area contributed by atoms with E-state index in [-0.39, 0.29) is 12.2 Å². The fourth-order valence-electron chi connectivity index (χ4n) is 2.32. The van der Waals surface area contributed by atoms with Crippen molar-refractivity contribution in [2.75, 3.05) is 0 Å². The number of nitrogens with one attached hydrogen (secondary N) is 1. The zero-order valence-electron chi connectivity index (χ0n) is 11.5. The van der Waals surface area contributed by atoms with Gasteiger partial charge in [-0.05, 0) is 37.5 Å². The van der Waals surface area contributed by atoms with Crippen molar-refractivity contribution in [3.05, 3.63) is 28.2 Å². The molecule has 106 valence electrons. The lowest BCUT2D eigenvalue weighted by Crippen LogP contribution is -2.27. The Labute approximate surface area is 123 Å². The van der Waals surface area contributed by atoms with Gasteiger partial charge in [-0.25, -0.2) is 0 Å². The highest BCUT2D eigenvalue weighted by Gasteiger charge is 2.27. The maximum absolute atomic E-state index is 9.86. The molecule has 0 saturated heterocycles. The number of rotatable bonds is 5. The summed E-state index contributed by atoms with van der Waals surface area (Å²) in [5, 5.41) is 13.3. The third kappa shape index (κ3) is 4.20. The highest BCUT2D eigenvalue weighted by molar-refractivity contribution is 9.10. The van der Waals surface area contributed by atoms with E-state index in [1.165, 1.54) is 0 Å². The third-order valence-corrected chi connectivity index (χ3v) is 3.91. The first-order valence-corrected chi connectivity index (χ1v) is 7.72. The van der Waals surface area contributed by atoms with Gasteiger partial charge in [0.05, 0.1) is 6.10 Å². The van der Waals surface area contributed by atoms with Gasteiger partial charge in [-0.15, -0.1) is 0 Å². The van der Waals surface area contributed by atoms with Gasteiger partial charge in [0.2, 0.25) is 0 Å². The van der Waals surface area contributed by atoms with E-state index in [4.69, 9.17) is 4.74 Å². The lowest BCUT2D eigenvalue weighted by molar-refractivity contribution is 0.0597. The predicted molar refractivity (Wildman–Crippen MR) is 80.4 cm³/mol. The molecule has 0 aromatic heterocycles. The molecule has 0 amide bonds. The molecule has 1 fully saturated rings. The van der Waals surface area contributed by atoms with Gasteiger partial charge >= 0.3 is 0 Å². The van der Waals surface area contributed by atoms with Crippen LogP contribution in [0.5, 0.6) is 5.75 Å². The number of aliphatic hydroxyl groups is 1. The lowest BCUT2D eigenvalue weighted by atomic mass is 10.1. The SMILES string of the molecule is CC(C)NCc1cc(Br)ccc1OC1CCCC1O. The van der Waals surface area contributed by atoms with Crippen molar-refractivity contribution in [1.29, 1.82) is 0 Å². The van der Waals surface area contributed by atoms with Crippen LogP contribution in [0.25, 0.3) is 0 Å². The summed E-state index contributed by atoms with van der Waals surface area (Å²) in [6.07, 6.45) is 2.45. The van der Waals surface area contributed by atoms with Crippen LogP contribution < -0.4 is 10.1 Å². The quantitative estimate of drug-likeness (QED) is 0.872. The molecule has 19 heavy (non-hydrogen) atoms. The molecule has 0 bridgehead atoms. The minimum absolute atomic E-state index is 0.0565. The van der Waals surface area contributed by atoms with Crippen LogP contribution >= 0.6 is 15.9 Å². The van der Waals surface area contributed by atoms with Crippen LogP contribution in [-0.4, -0.2) is 23.4 Å². The Morgan fingerprint density at radius 3 is 2.84 bits per heavy atom. The smallest absolute Gasteiger partial charge is 0.124 e. The molecule has 2 rings (SSSR count). The van der Waals surface area contributed by atoms with E-state index in [2.05, 4.69) is 41.2 Å². The van der Waals surface area contributed by atoms with E-state index in [9.17, 15) is 5.11 Å². The molecule has 0 spiro atoms. The second-order valence-corrected chi connectivity index (χ2v) is 6.36. The Hall–Kier alpha value is -0.580. The number of hydrogen-bond donors (Lipinski definition) is 2. The molecule has 0 radical (unpaired) electrons. The largest absolute Gasteiger partial charge is 0.487 e. The Morgan fingerprint density at radius 1 is 1.42 bits per heavy atom. The van der Waals surface area contributed by atoms with E-state index in [0.29, 0.717) is 6.04 Å². The molecule has 4 heteroatoms. The molecule has 2 unspecified atom stereocenters. The molecule has 3 nitrogen and oxygen atoms in total. The van der Waals surface area contributed by atoms with Crippen LogP contribution in [0.3, 0.4) is 0 Å². The Kier molecular flexibility index (Phi) is 5.25. The average Bonchev–Trinajstić information content (AvgIpc) is 2.75. The Balaban J connectivity index is 2.09. The summed E-state index contributed by atoms with van der Waals surface area (Å²) in [6.45, 7) is 5.02. The van der Waals surface area contributed by atoms with Crippen molar-refractivity contribution in [3.8, 4) is 5.75 Å². The van der Waals surface area contributed by atoms with Gasteiger partial charge in [-0.2, -0.15) is 0 Å². The molecule has 1 aromatic rings. The number of ether oxygens (including phenoxy) is 1. The summed E-state index contributed by atoms with van der Waals surface area (Å²) in [6, 6.07) is 6.47. The van der Waals surface area contributed by atoms with Crippen molar-refractivity contribution in [1.82, 2.24) is 5.32 Å². The third-order valence-electron chi connectivity index (χ3n) is 3.42. The molecule has 2 N–H and O–H groups in total. The number of aliphatic hydroxyl groups excluding tert-OH is 1. The van der Waals surface area contributed by atoms with Crippen molar-refractivity contribution in [2.24, 2.45) is 0 Å². The van der Waals surface area contributed by atoms with Gasteiger partial charge < -0.3 is 15.2 Å². The molecule has 1 saturated carbocycles. The zero-order chi connectivity index (χ0) is 13.8. The van der Waals surface area contributed by atoms with E-state index in [1.54, 1.807) is 0 Å². The van der Waals surface area contributed by atoms with Crippen molar-refractivity contribution in [2.45, 2.75) is 57.9 Å².